The Hall–Kier alpha value is -0.940. The zero-order chi connectivity index (χ0) is 11.8. The topological polar surface area (TPSA) is 60.2 Å². The van der Waals surface area contributed by atoms with Gasteiger partial charge in [-0.05, 0) is 18.4 Å². The van der Waals surface area contributed by atoms with E-state index in [2.05, 4.69) is 0 Å². The van der Waals surface area contributed by atoms with E-state index in [1.807, 2.05) is 30.3 Å². The predicted molar refractivity (Wildman–Crippen MR) is 60.2 cm³/mol. The number of benzene rings is 1. The lowest BCUT2D eigenvalue weighted by Crippen LogP contribution is -2.52. The van der Waals surface area contributed by atoms with Crippen molar-refractivity contribution < 1.29 is 12.3 Å². The highest BCUT2D eigenvalue weighted by Crippen LogP contribution is 2.44. The predicted octanol–water partition coefficient (Wildman–Crippen LogP) is 1.34. The molecule has 5 heteroatoms. The highest BCUT2D eigenvalue weighted by Gasteiger charge is 2.46. The SMILES string of the molecule is NC1CC(CS(=O)(=O)F)(c2ccccc2)C1. The van der Waals surface area contributed by atoms with Crippen LogP contribution in [0.3, 0.4) is 0 Å². The average Bonchev–Trinajstić information content (AvgIpc) is 2.14. The average molecular weight is 243 g/mol. The van der Waals surface area contributed by atoms with Crippen LogP contribution in [-0.2, 0) is 15.6 Å². The molecule has 0 amide bonds. The fourth-order valence-electron chi connectivity index (χ4n) is 2.50. The normalized spacial score (nSPS) is 29.8. The van der Waals surface area contributed by atoms with Gasteiger partial charge < -0.3 is 5.73 Å². The van der Waals surface area contributed by atoms with Crippen LogP contribution < -0.4 is 5.73 Å². The first kappa shape index (κ1) is 11.5. The lowest BCUT2D eigenvalue weighted by Gasteiger charge is -2.45. The maximum absolute atomic E-state index is 12.8. The summed E-state index contributed by atoms with van der Waals surface area (Å²) in [6, 6.07) is 9.13. The highest BCUT2D eigenvalue weighted by atomic mass is 32.3. The van der Waals surface area contributed by atoms with Crippen LogP contribution in [-0.4, -0.2) is 20.2 Å². The molecule has 0 heterocycles. The Balaban J connectivity index is 2.31. The maximum Gasteiger partial charge on any atom is 0.303 e. The first-order valence-electron chi connectivity index (χ1n) is 5.15. The summed E-state index contributed by atoms with van der Waals surface area (Å²) < 4.78 is 34.5. The van der Waals surface area contributed by atoms with Gasteiger partial charge in [0.15, 0.2) is 0 Å². The molecular weight excluding hydrogens is 229 g/mol. The number of hydrogen-bond donors (Lipinski definition) is 1. The Morgan fingerprint density at radius 1 is 1.31 bits per heavy atom. The monoisotopic (exact) mass is 243 g/mol. The molecule has 0 bridgehead atoms. The van der Waals surface area contributed by atoms with E-state index in [1.54, 1.807) is 0 Å². The summed E-state index contributed by atoms with van der Waals surface area (Å²) in [5.41, 5.74) is 5.94. The Bertz CT molecular complexity index is 466. The minimum absolute atomic E-state index is 0.0260. The van der Waals surface area contributed by atoms with E-state index in [0.717, 1.165) is 5.56 Å². The minimum Gasteiger partial charge on any atom is -0.328 e. The van der Waals surface area contributed by atoms with Gasteiger partial charge in [-0.25, -0.2) is 0 Å². The first-order valence-corrected chi connectivity index (χ1v) is 6.70. The second-order valence-corrected chi connectivity index (χ2v) is 5.86. The quantitative estimate of drug-likeness (QED) is 0.815. The van der Waals surface area contributed by atoms with E-state index in [1.165, 1.54) is 0 Å². The summed E-state index contributed by atoms with van der Waals surface area (Å²) in [4.78, 5) is 0. The molecule has 0 aromatic heterocycles. The standard InChI is InChI=1S/C11H14FNO2S/c12-16(14,15)8-11(6-10(13)7-11)9-4-2-1-3-5-9/h1-5,10H,6-8,13H2. The molecule has 1 fully saturated rings. The molecule has 0 spiro atoms. The molecule has 2 rings (SSSR count). The minimum atomic E-state index is -4.47. The molecule has 1 aromatic rings. The molecule has 0 atom stereocenters. The van der Waals surface area contributed by atoms with E-state index in [0.29, 0.717) is 12.8 Å². The second kappa shape index (κ2) is 3.82. The van der Waals surface area contributed by atoms with Crippen LogP contribution in [0, 0.1) is 0 Å². The molecule has 1 aromatic carbocycles. The summed E-state index contributed by atoms with van der Waals surface area (Å²) in [5.74, 6) is -0.461. The largest absolute Gasteiger partial charge is 0.328 e. The van der Waals surface area contributed by atoms with Gasteiger partial charge in [-0.1, -0.05) is 30.3 Å². The molecule has 88 valence electrons. The summed E-state index contributed by atoms with van der Waals surface area (Å²) in [5, 5.41) is 0. The van der Waals surface area contributed by atoms with Gasteiger partial charge in [0, 0.05) is 11.5 Å². The smallest absolute Gasteiger partial charge is 0.303 e. The molecule has 2 N–H and O–H groups in total. The van der Waals surface area contributed by atoms with Crippen molar-refractivity contribution in [3.63, 3.8) is 0 Å². The third kappa shape index (κ3) is 2.25. The van der Waals surface area contributed by atoms with Crippen LogP contribution in [0.4, 0.5) is 3.89 Å². The third-order valence-electron chi connectivity index (χ3n) is 3.14. The van der Waals surface area contributed by atoms with Crippen molar-refractivity contribution in [1.82, 2.24) is 0 Å². The van der Waals surface area contributed by atoms with Gasteiger partial charge >= 0.3 is 10.2 Å². The molecular formula is C11H14FNO2S. The van der Waals surface area contributed by atoms with Gasteiger partial charge in [-0.2, -0.15) is 8.42 Å². The van der Waals surface area contributed by atoms with E-state index < -0.39 is 21.4 Å². The second-order valence-electron chi connectivity index (χ2n) is 4.50. The van der Waals surface area contributed by atoms with Crippen molar-refractivity contribution in [2.24, 2.45) is 5.73 Å². The third-order valence-corrected chi connectivity index (χ3v) is 4.04. The van der Waals surface area contributed by atoms with Gasteiger partial charge in [0.2, 0.25) is 0 Å². The number of halogens is 1. The van der Waals surface area contributed by atoms with Gasteiger partial charge in [-0.3, -0.25) is 0 Å². The Labute approximate surface area is 94.7 Å². The zero-order valence-electron chi connectivity index (χ0n) is 8.77. The lowest BCUT2D eigenvalue weighted by molar-refractivity contribution is 0.228. The van der Waals surface area contributed by atoms with Crippen LogP contribution in [0.2, 0.25) is 0 Å². The van der Waals surface area contributed by atoms with E-state index in [-0.39, 0.29) is 6.04 Å². The van der Waals surface area contributed by atoms with Crippen molar-refractivity contribution in [2.45, 2.75) is 24.3 Å². The molecule has 0 unspecified atom stereocenters. The van der Waals surface area contributed by atoms with Crippen LogP contribution >= 0.6 is 0 Å². The molecule has 1 aliphatic rings. The van der Waals surface area contributed by atoms with Crippen molar-refractivity contribution in [1.29, 1.82) is 0 Å². The van der Waals surface area contributed by atoms with Crippen molar-refractivity contribution in [2.75, 3.05) is 5.75 Å². The lowest BCUT2D eigenvalue weighted by atomic mass is 9.63. The Morgan fingerprint density at radius 3 is 2.31 bits per heavy atom. The summed E-state index contributed by atoms with van der Waals surface area (Å²) in [7, 11) is -4.47. The molecule has 0 saturated heterocycles. The van der Waals surface area contributed by atoms with Crippen molar-refractivity contribution in [3.05, 3.63) is 35.9 Å². The summed E-state index contributed by atoms with van der Waals surface area (Å²) in [6.07, 6.45) is 1.06. The molecule has 1 saturated carbocycles. The molecule has 0 radical (unpaired) electrons. The molecule has 16 heavy (non-hydrogen) atoms. The van der Waals surface area contributed by atoms with Crippen LogP contribution in [0.15, 0.2) is 30.3 Å². The van der Waals surface area contributed by atoms with Crippen molar-refractivity contribution in [3.8, 4) is 0 Å². The fraction of sp³-hybridized carbons (Fsp3) is 0.455. The summed E-state index contributed by atoms with van der Waals surface area (Å²) in [6.45, 7) is 0. The van der Waals surface area contributed by atoms with Crippen LogP contribution in [0.25, 0.3) is 0 Å². The highest BCUT2D eigenvalue weighted by molar-refractivity contribution is 7.86. The van der Waals surface area contributed by atoms with Gasteiger partial charge in [0.05, 0.1) is 5.75 Å². The first-order chi connectivity index (χ1) is 7.41. The van der Waals surface area contributed by atoms with Gasteiger partial charge in [-0.15, -0.1) is 3.89 Å². The number of nitrogens with two attached hydrogens (primary N) is 1. The van der Waals surface area contributed by atoms with Gasteiger partial charge in [0.25, 0.3) is 0 Å². The van der Waals surface area contributed by atoms with E-state index >= 15 is 0 Å². The Kier molecular flexibility index (Phi) is 2.75. The number of hydrogen-bond acceptors (Lipinski definition) is 3. The van der Waals surface area contributed by atoms with E-state index in [9.17, 15) is 12.3 Å². The van der Waals surface area contributed by atoms with Crippen LogP contribution in [0.1, 0.15) is 18.4 Å². The van der Waals surface area contributed by atoms with E-state index in [4.69, 9.17) is 5.73 Å². The summed E-state index contributed by atoms with van der Waals surface area (Å²) >= 11 is 0. The van der Waals surface area contributed by atoms with Gasteiger partial charge in [0.1, 0.15) is 0 Å². The number of rotatable bonds is 3. The molecule has 1 aliphatic carbocycles. The fourth-order valence-corrected chi connectivity index (χ4v) is 3.57. The zero-order valence-corrected chi connectivity index (χ0v) is 9.58. The Morgan fingerprint density at radius 2 is 1.88 bits per heavy atom. The maximum atomic E-state index is 12.8. The van der Waals surface area contributed by atoms with Crippen LogP contribution in [0.5, 0.6) is 0 Å². The molecule has 3 nitrogen and oxygen atoms in total. The van der Waals surface area contributed by atoms with Crippen molar-refractivity contribution >= 4 is 10.2 Å². The molecule has 0 aliphatic heterocycles.